The molecule has 0 unspecified atom stereocenters. The van der Waals surface area contributed by atoms with Gasteiger partial charge >= 0.3 is 18.3 Å². The normalized spacial score (nSPS) is 19.6. The summed E-state index contributed by atoms with van der Waals surface area (Å²) in [4.78, 5) is 20.4. The van der Waals surface area contributed by atoms with Gasteiger partial charge in [0.1, 0.15) is 11.4 Å². The van der Waals surface area contributed by atoms with E-state index in [0.717, 1.165) is 6.07 Å². The predicted octanol–water partition coefficient (Wildman–Crippen LogP) is 5.21. The average molecular weight is 614 g/mol. The number of hydrogen-bond donors (Lipinski definition) is 2. The van der Waals surface area contributed by atoms with Gasteiger partial charge in [0.25, 0.3) is 6.02 Å². The summed E-state index contributed by atoms with van der Waals surface area (Å²) in [5.74, 6) is -2.96. The predicted molar refractivity (Wildman–Crippen MR) is 119 cm³/mol. The molecule has 1 aliphatic heterocycles. The minimum Gasteiger partial charge on any atom is -0.475 e. The molecule has 204 valence electrons. The van der Waals surface area contributed by atoms with Crippen molar-refractivity contribution >= 4 is 27.9 Å². The lowest BCUT2D eigenvalue weighted by Crippen LogP contribution is -2.46. The van der Waals surface area contributed by atoms with E-state index in [2.05, 4.69) is 36.0 Å². The maximum Gasteiger partial charge on any atom is 0.490 e. The molecular formula is C21H15BrF7N5O4. The highest BCUT2D eigenvalue weighted by Crippen LogP contribution is 2.41. The summed E-state index contributed by atoms with van der Waals surface area (Å²) in [6.07, 6.45) is -7.28. The topological polar surface area (TPSA) is 137 Å². The van der Waals surface area contributed by atoms with Crippen molar-refractivity contribution in [3.63, 3.8) is 0 Å². The van der Waals surface area contributed by atoms with Gasteiger partial charge in [-0.15, -0.1) is 0 Å². The lowest BCUT2D eigenvalue weighted by molar-refractivity contribution is -0.192. The molecule has 3 heterocycles. The first-order valence-electron chi connectivity index (χ1n) is 10.1. The van der Waals surface area contributed by atoms with Crippen molar-refractivity contribution in [1.82, 2.24) is 15.1 Å². The number of hydrogen-bond acceptors (Lipinski definition) is 8. The molecule has 17 heteroatoms. The van der Waals surface area contributed by atoms with Gasteiger partial charge in [-0.1, -0.05) is 5.16 Å². The fraction of sp³-hybridized carbons (Fsp3) is 0.286. The number of aliphatic carboxylic acids is 1. The molecule has 0 aliphatic carbocycles. The monoisotopic (exact) mass is 613 g/mol. The number of halogens is 8. The van der Waals surface area contributed by atoms with Gasteiger partial charge in [0, 0.05) is 36.0 Å². The first-order chi connectivity index (χ1) is 17.5. The molecule has 0 amide bonds. The second kappa shape index (κ2) is 10.5. The summed E-state index contributed by atoms with van der Waals surface area (Å²) < 4.78 is 97.5. The summed E-state index contributed by atoms with van der Waals surface area (Å²) in [7, 11) is 0. The fourth-order valence-corrected chi connectivity index (χ4v) is 3.47. The Labute approximate surface area is 216 Å². The van der Waals surface area contributed by atoms with E-state index in [4.69, 9.17) is 24.9 Å². The van der Waals surface area contributed by atoms with Crippen LogP contribution in [0.15, 0.2) is 50.6 Å². The Morgan fingerprint density at radius 1 is 1.16 bits per heavy atom. The highest BCUT2D eigenvalue weighted by atomic mass is 79.9. The zero-order valence-electron chi connectivity index (χ0n) is 18.8. The van der Waals surface area contributed by atoms with E-state index in [0.29, 0.717) is 21.6 Å². The van der Waals surface area contributed by atoms with Crippen LogP contribution in [0.25, 0.3) is 22.8 Å². The van der Waals surface area contributed by atoms with Crippen LogP contribution in [0.2, 0.25) is 0 Å². The Morgan fingerprint density at radius 3 is 2.32 bits per heavy atom. The molecular weight excluding hydrogens is 599 g/mol. The third-order valence-electron chi connectivity index (χ3n) is 5.00. The molecule has 0 saturated carbocycles. The number of carboxylic acids is 1. The highest BCUT2D eigenvalue weighted by Gasteiger charge is 2.49. The first kappa shape index (κ1) is 28.8. The second-order valence-corrected chi connectivity index (χ2v) is 8.78. The Hall–Kier alpha value is -3.76. The smallest absolute Gasteiger partial charge is 0.475 e. The van der Waals surface area contributed by atoms with Crippen LogP contribution in [0.1, 0.15) is 18.9 Å². The molecule has 2 atom stereocenters. The number of nitrogens with two attached hydrogens (primary N) is 1. The van der Waals surface area contributed by atoms with Crippen molar-refractivity contribution < 1.29 is 49.9 Å². The summed E-state index contributed by atoms with van der Waals surface area (Å²) in [6.45, 7) is 1.33. The van der Waals surface area contributed by atoms with Gasteiger partial charge in [-0.05, 0) is 41.1 Å². The van der Waals surface area contributed by atoms with Gasteiger partial charge in [-0.2, -0.15) is 26.3 Å². The van der Waals surface area contributed by atoms with Crippen LogP contribution in [0.5, 0.6) is 0 Å². The molecule has 0 radical (unpaired) electrons. The zero-order chi connectivity index (χ0) is 28.5. The molecule has 1 aliphatic rings. The molecule has 9 nitrogen and oxygen atoms in total. The van der Waals surface area contributed by atoms with Crippen molar-refractivity contribution in [3.05, 3.63) is 52.5 Å². The number of aromatic nitrogens is 3. The minimum absolute atomic E-state index is 0.116. The van der Waals surface area contributed by atoms with Crippen LogP contribution in [0, 0.1) is 5.82 Å². The van der Waals surface area contributed by atoms with Crippen molar-refractivity contribution in [2.75, 3.05) is 0 Å². The van der Waals surface area contributed by atoms with E-state index < -0.39 is 48.2 Å². The standard InChI is InChI=1S/C19H14BrF4N5O2.C2HF3O2/c1-18(6-15(19(22,23)24)28-17(25)30-18)11-4-9(2-3-12(11)21)14-5-13(29-31-14)16-26-7-10(20)8-27-16;3-2(4,5)1(6)7/h2-5,7-8,15H,6H2,1H3,(H2,25,28);(H,6,7)/t15-,18-;/m0./s1. The molecule has 0 bridgehead atoms. The molecule has 38 heavy (non-hydrogen) atoms. The van der Waals surface area contributed by atoms with E-state index in [1.54, 1.807) is 6.07 Å². The highest BCUT2D eigenvalue weighted by molar-refractivity contribution is 9.10. The molecule has 4 rings (SSSR count). The lowest BCUT2D eigenvalue weighted by atomic mass is 9.86. The minimum atomic E-state index is -5.08. The van der Waals surface area contributed by atoms with Crippen LogP contribution < -0.4 is 5.73 Å². The summed E-state index contributed by atoms with van der Waals surface area (Å²) in [5.41, 5.74) is 4.38. The molecule has 3 N–H and O–H groups in total. The third-order valence-corrected chi connectivity index (χ3v) is 5.41. The van der Waals surface area contributed by atoms with E-state index >= 15 is 0 Å². The quantitative estimate of drug-likeness (QED) is 0.384. The number of benzene rings is 1. The summed E-state index contributed by atoms with van der Waals surface area (Å²) in [5, 5.41) is 11.0. The van der Waals surface area contributed by atoms with Gasteiger partial charge in [-0.3, -0.25) is 0 Å². The van der Waals surface area contributed by atoms with Gasteiger partial charge in [0.2, 0.25) is 0 Å². The van der Waals surface area contributed by atoms with Crippen molar-refractivity contribution in [3.8, 4) is 22.8 Å². The lowest BCUT2D eigenvalue weighted by Gasteiger charge is -2.37. The Morgan fingerprint density at radius 2 is 1.76 bits per heavy atom. The number of ether oxygens (including phenoxy) is 1. The maximum atomic E-state index is 14.7. The number of alkyl halides is 6. The number of aliphatic imine (C=N–C) groups is 1. The van der Waals surface area contributed by atoms with E-state index in [-0.39, 0.29) is 11.3 Å². The molecule has 0 fully saturated rings. The van der Waals surface area contributed by atoms with Gasteiger partial charge < -0.3 is 20.1 Å². The Kier molecular flexibility index (Phi) is 7.99. The van der Waals surface area contributed by atoms with Gasteiger partial charge in [-0.25, -0.2) is 24.1 Å². The third kappa shape index (κ3) is 6.76. The van der Waals surface area contributed by atoms with Crippen LogP contribution >= 0.6 is 15.9 Å². The number of nitrogens with zero attached hydrogens (tertiary/aromatic N) is 4. The average Bonchev–Trinajstić information content (AvgIpc) is 3.28. The fourth-order valence-electron chi connectivity index (χ4n) is 3.27. The largest absolute Gasteiger partial charge is 0.490 e. The Bertz CT molecular complexity index is 1340. The van der Waals surface area contributed by atoms with Crippen LogP contribution in [-0.4, -0.2) is 50.6 Å². The van der Waals surface area contributed by atoms with E-state index in [1.165, 1.54) is 31.5 Å². The van der Waals surface area contributed by atoms with Crippen LogP contribution in [-0.2, 0) is 15.1 Å². The van der Waals surface area contributed by atoms with Crippen molar-refractivity contribution in [1.29, 1.82) is 0 Å². The second-order valence-electron chi connectivity index (χ2n) is 7.86. The summed E-state index contributed by atoms with van der Waals surface area (Å²) in [6, 6.07) is 2.64. The van der Waals surface area contributed by atoms with E-state index in [1.807, 2.05) is 0 Å². The van der Waals surface area contributed by atoms with Crippen molar-refractivity contribution in [2.45, 2.75) is 37.3 Å². The number of carboxylic acid groups (broad SMARTS) is 1. The van der Waals surface area contributed by atoms with Gasteiger partial charge in [0.15, 0.2) is 23.3 Å². The number of rotatable bonds is 3. The SMILES string of the molecule is C[C@@]1(c2cc(-c3cc(-c4ncc(Br)cn4)no3)ccc2F)C[C@@H](C(F)(F)F)N=C(N)O1.O=C(O)C(F)(F)F. The molecule has 1 aromatic carbocycles. The number of amidine groups is 1. The summed E-state index contributed by atoms with van der Waals surface area (Å²) >= 11 is 3.23. The zero-order valence-corrected chi connectivity index (χ0v) is 20.4. The van der Waals surface area contributed by atoms with Gasteiger partial charge in [0.05, 0.1) is 4.47 Å². The molecule has 2 aromatic heterocycles. The first-order valence-corrected chi connectivity index (χ1v) is 10.9. The molecule has 0 spiro atoms. The number of carbonyl (C=O) groups is 1. The van der Waals surface area contributed by atoms with Crippen LogP contribution in [0.4, 0.5) is 30.7 Å². The molecule has 0 saturated heterocycles. The van der Waals surface area contributed by atoms with Crippen LogP contribution in [0.3, 0.4) is 0 Å². The van der Waals surface area contributed by atoms with E-state index in [9.17, 15) is 30.7 Å². The molecule has 3 aromatic rings. The maximum absolute atomic E-state index is 14.7. The Balaban J connectivity index is 0.000000505. The van der Waals surface area contributed by atoms with Crippen molar-refractivity contribution in [2.24, 2.45) is 10.7 Å².